The number of hydrogen-bond donors (Lipinski definition) is 2. The second-order valence-corrected chi connectivity index (χ2v) is 10.2. The number of carboxylic acids is 1. The van der Waals surface area contributed by atoms with Crippen LogP contribution in [0, 0.1) is 10.7 Å². The minimum Gasteiger partial charge on any atom is -0.497 e. The van der Waals surface area contributed by atoms with Gasteiger partial charge in [0.15, 0.2) is 0 Å². The van der Waals surface area contributed by atoms with Crippen LogP contribution in [0.3, 0.4) is 0 Å². The number of methoxy groups -OCH3 is 2. The van der Waals surface area contributed by atoms with Gasteiger partial charge >= 0.3 is 5.97 Å². The average molecular weight is 761 g/mol. The third-order valence-electron chi connectivity index (χ3n) is 4.14. The number of aromatic carboxylic acids is 1. The van der Waals surface area contributed by atoms with Crippen molar-refractivity contribution in [2.45, 2.75) is 0 Å². The summed E-state index contributed by atoms with van der Waals surface area (Å²) in [5, 5.41) is 14.2. The number of carbonyl (C=O) groups is 2. The molecule has 1 amide bonds. The SMILES string of the molecule is COc1cccc(-c2scc(NC(=O)c3c(I)cc(I)c(OC)c3I)c2C(=O)O)c1. The highest BCUT2D eigenvalue weighted by molar-refractivity contribution is 14.1. The number of nitrogens with one attached hydrogen (secondary N) is 1. The number of hydrogen-bond acceptors (Lipinski definition) is 5. The Hall–Kier alpha value is -1.13. The van der Waals surface area contributed by atoms with Crippen LogP contribution in [0.1, 0.15) is 20.7 Å². The van der Waals surface area contributed by atoms with E-state index in [1.54, 1.807) is 37.8 Å². The fourth-order valence-corrected chi connectivity index (χ4v) is 8.08. The lowest BCUT2D eigenvalue weighted by Crippen LogP contribution is -2.17. The van der Waals surface area contributed by atoms with Crippen molar-refractivity contribution in [2.24, 2.45) is 0 Å². The zero-order valence-electron chi connectivity index (χ0n) is 15.6. The van der Waals surface area contributed by atoms with Crippen LogP contribution >= 0.6 is 79.1 Å². The van der Waals surface area contributed by atoms with E-state index in [-0.39, 0.29) is 11.3 Å². The summed E-state index contributed by atoms with van der Waals surface area (Å²) in [6.07, 6.45) is 0. The Morgan fingerprint density at radius 3 is 2.40 bits per heavy atom. The van der Waals surface area contributed by atoms with Crippen LogP contribution in [0.5, 0.6) is 11.5 Å². The second-order valence-electron chi connectivity index (χ2n) is 5.91. The first-order valence-electron chi connectivity index (χ1n) is 8.30. The Labute approximate surface area is 217 Å². The van der Waals surface area contributed by atoms with Gasteiger partial charge in [-0.1, -0.05) is 12.1 Å². The molecule has 0 aliphatic carbocycles. The molecule has 1 aromatic heterocycles. The summed E-state index contributed by atoms with van der Waals surface area (Å²) in [7, 11) is 3.10. The van der Waals surface area contributed by atoms with E-state index < -0.39 is 11.9 Å². The number of halogens is 3. The predicted molar refractivity (Wildman–Crippen MR) is 142 cm³/mol. The lowest BCUT2D eigenvalue weighted by Gasteiger charge is -2.13. The van der Waals surface area contributed by atoms with Crippen LogP contribution in [0.25, 0.3) is 10.4 Å². The van der Waals surface area contributed by atoms with Crippen molar-refractivity contribution >= 4 is 96.7 Å². The maximum atomic E-state index is 13.1. The first-order valence-corrected chi connectivity index (χ1v) is 12.4. The highest BCUT2D eigenvalue weighted by atomic mass is 127. The van der Waals surface area contributed by atoms with Crippen LogP contribution in [-0.2, 0) is 0 Å². The average Bonchev–Trinajstić information content (AvgIpc) is 3.11. The van der Waals surface area contributed by atoms with Crippen molar-refractivity contribution in [2.75, 3.05) is 19.5 Å². The third-order valence-corrected chi connectivity index (χ3v) is 7.85. The minimum absolute atomic E-state index is 0.0455. The molecule has 3 rings (SSSR count). The van der Waals surface area contributed by atoms with Gasteiger partial charge in [0.1, 0.15) is 17.1 Å². The predicted octanol–water partition coefficient (Wildman–Crippen LogP) is 6.20. The molecule has 0 atom stereocenters. The van der Waals surface area contributed by atoms with Gasteiger partial charge in [-0.2, -0.15) is 0 Å². The molecule has 0 fully saturated rings. The summed E-state index contributed by atoms with van der Waals surface area (Å²) in [5.74, 6) is -0.273. The van der Waals surface area contributed by atoms with E-state index in [1.165, 1.54) is 11.3 Å². The normalized spacial score (nSPS) is 10.6. The number of benzene rings is 2. The van der Waals surface area contributed by atoms with Crippen LogP contribution in [0.4, 0.5) is 5.69 Å². The van der Waals surface area contributed by atoms with Gasteiger partial charge in [0.2, 0.25) is 0 Å². The van der Waals surface area contributed by atoms with Gasteiger partial charge in [-0.15, -0.1) is 11.3 Å². The van der Waals surface area contributed by atoms with E-state index in [1.807, 2.05) is 12.1 Å². The van der Waals surface area contributed by atoms with Crippen molar-refractivity contribution in [1.82, 2.24) is 0 Å². The summed E-state index contributed by atoms with van der Waals surface area (Å²) in [6, 6.07) is 9.00. The molecule has 0 bridgehead atoms. The van der Waals surface area contributed by atoms with Gasteiger partial charge in [-0.25, -0.2) is 4.79 Å². The molecular formula is C20H14I3NO5S. The number of rotatable bonds is 6. The Morgan fingerprint density at radius 1 is 1.03 bits per heavy atom. The molecule has 2 N–H and O–H groups in total. The first kappa shape index (κ1) is 23.5. The molecule has 0 unspecified atom stereocenters. The smallest absolute Gasteiger partial charge is 0.339 e. The van der Waals surface area contributed by atoms with Gasteiger partial charge in [-0.05, 0) is 91.5 Å². The summed E-state index contributed by atoms with van der Waals surface area (Å²) in [5.41, 5.74) is 1.44. The summed E-state index contributed by atoms with van der Waals surface area (Å²) in [6.45, 7) is 0. The fraction of sp³-hybridized carbons (Fsp3) is 0.100. The van der Waals surface area contributed by atoms with E-state index >= 15 is 0 Å². The Balaban J connectivity index is 2.03. The zero-order valence-corrected chi connectivity index (χ0v) is 22.9. The van der Waals surface area contributed by atoms with E-state index in [0.717, 1.165) is 7.14 Å². The Morgan fingerprint density at radius 2 is 1.77 bits per heavy atom. The number of thiophene rings is 1. The number of anilines is 1. The standard InChI is InChI=1S/C20H14I3NO5S/c1-28-10-5-3-4-9(6-10)18-15(20(26)27)13(8-30-18)24-19(25)14-11(21)7-12(22)17(29-2)16(14)23/h3-8H,1-2H3,(H,24,25)(H,26,27). The van der Waals surface area contributed by atoms with Crippen molar-refractivity contribution in [3.63, 3.8) is 0 Å². The monoisotopic (exact) mass is 761 g/mol. The molecule has 0 saturated carbocycles. The van der Waals surface area contributed by atoms with Crippen molar-refractivity contribution < 1.29 is 24.2 Å². The molecule has 2 aromatic carbocycles. The molecule has 30 heavy (non-hydrogen) atoms. The molecule has 0 saturated heterocycles. The van der Waals surface area contributed by atoms with Crippen molar-refractivity contribution in [3.05, 3.63) is 57.5 Å². The number of amides is 1. The van der Waals surface area contributed by atoms with Gasteiger partial charge in [0, 0.05) is 8.95 Å². The molecule has 6 nitrogen and oxygen atoms in total. The second kappa shape index (κ2) is 9.99. The summed E-state index contributed by atoms with van der Waals surface area (Å²) < 4.78 is 13.0. The summed E-state index contributed by atoms with van der Waals surface area (Å²) in [4.78, 5) is 25.6. The zero-order chi connectivity index (χ0) is 22.0. The maximum Gasteiger partial charge on any atom is 0.339 e. The number of carbonyl (C=O) groups excluding carboxylic acids is 1. The maximum absolute atomic E-state index is 13.1. The van der Waals surface area contributed by atoms with Gasteiger partial charge in [0.25, 0.3) is 5.91 Å². The molecule has 156 valence electrons. The van der Waals surface area contributed by atoms with Gasteiger partial charge < -0.3 is 19.9 Å². The Bertz CT molecular complexity index is 1150. The van der Waals surface area contributed by atoms with Crippen LogP contribution < -0.4 is 14.8 Å². The molecule has 0 aliphatic heterocycles. The van der Waals surface area contributed by atoms with Crippen molar-refractivity contribution in [3.8, 4) is 21.9 Å². The van der Waals surface area contributed by atoms with Gasteiger partial charge in [0.05, 0.1) is 37.5 Å². The minimum atomic E-state index is -1.12. The number of carboxylic acid groups (broad SMARTS) is 1. The summed E-state index contributed by atoms with van der Waals surface area (Å²) >= 11 is 7.57. The van der Waals surface area contributed by atoms with E-state index in [9.17, 15) is 14.7 Å². The van der Waals surface area contributed by atoms with Crippen LogP contribution in [0.15, 0.2) is 35.7 Å². The van der Waals surface area contributed by atoms with E-state index in [4.69, 9.17) is 9.47 Å². The topological polar surface area (TPSA) is 84.9 Å². The highest BCUT2D eigenvalue weighted by Crippen LogP contribution is 2.38. The largest absolute Gasteiger partial charge is 0.497 e. The lowest BCUT2D eigenvalue weighted by molar-refractivity contribution is 0.0699. The molecule has 0 radical (unpaired) electrons. The fourth-order valence-electron chi connectivity index (χ4n) is 2.79. The first-order chi connectivity index (χ1) is 14.3. The highest BCUT2D eigenvalue weighted by Gasteiger charge is 2.25. The third kappa shape index (κ3) is 4.70. The van der Waals surface area contributed by atoms with E-state index in [0.29, 0.717) is 31.1 Å². The molecule has 1 heterocycles. The van der Waals surface area contributed by atoms with Crippen LogP contribution in [0.2, 0.25) is 0 Å². The van der Waals surface area contributed by atoms with E-state index in [2.05, 4.69) is 73.1 Å². The molecular weight excluding hydrogens is 747 g/mol. The molecule has 10 heteroatoms. The lowest BCUT2D eigenvalue weighted by atomic mass is 10.1. The number of ether oxygens (including phenoxy) is 2. The molecule has 3 aromatic rings. The van der Waals surface area contributed by atoms with Gasteiger partial charge in [-0.3, -0.25) is 4.79 Å². The quantitative estimate of drug-likeness (QED) is 0.293. The molecule has 0 spiro atoms. The Kier molecular flexibility index (Phi) is 7.84. The molecule has 0 aliphatic rings. The van der Waals surface area contributed by atoms with Crippen molar-refractivity contribution in [1.29, 1.82) is 0 Å². The van der Waals surface area contributed by atoms with Crippen LogP contribution in [-0.4, -0.2) is 31.2 Å².